The summed E-state index contributed by atoms with van der Waals surface area (Å²) < 4.78 is 32.2. The van der Waals surface area contributed by atoms with Crippen molar-refractivity contribution in [1.82, 2.24) is 5.32 Å². The number of rotatable bonds is 6. The molecule has 2 aromatic rings. The van der Waals surface area contributed by atoms with Crippen LogP contribution in [0.15, 0.2) is 36.4 Å². The van der Waals surface area contributed by atoms with Crippen LogP contribution in [0, 0.1) is 0 Å². The highest BCUT2D eigenvalue weighted by Crippen LogP contribution is 2.41. The summed E-state index contributed by atoms with van der Waals surface area (Å²) in [5, 5.41) is 2.28. The van der Waals surface area contributed by atoms with Crippen molar-refractivity contribution in [2.75, 3.05) is 27.1 Å². The lowest BCUT2D eigenvalue weighted by Crippen LogP contribution is -2.43. The molecule has 10 nitrogen and oxygen atoms in total. The largest absolute Gasteiger partial charge is 0.497 e. The van der Waals surface area contributed by atoms with Crippen molar-refractivity contribution in [3.8, 4) is 23.0 Å². The molecule has 10 heteroatoms. The van der Waals surface area contributed by atoms with Crippen molar-refractivity contribution in [2.45, 2.75) is 19.1 Å². The molecule has 0 aromatic heterocycles. The molecule has 2 heterocycles. The van der Waals surface area contributed by atoms with E-state index in [4.69, 9.17) is 28.4 Å². The average molecular weight is 443 g/mol. The molecule has 0 saturated heterocycles. The molecule has 0 bridgehead atoms. The summed E-state index contributed by atoms with van der Waals surface area (Å²) in [7, 11) is 1.50. The van der Waals surface area contributed by atoms with E-state index >= 15 is 0 Å². The Morgan fingerprint density at radius 1 is 1.09 bits per heavy atom. The molecule has 2 atom stereocenters. The summed E-state index contributed by atoms with van der Waals surface area (Å²) in [4.78, 5) is 37.1. The van der Waals surface area contributed by atoms with Gasteiger partial charge in [-0.1, -0.05) is 6.07 Å². The van der Waals surface area contributed by atoms with Crippen molar-refractivity contribution in [3.63, 3.8) is 0 Å². The third-order valence-electron chi connectivity index (χ3n) is 4.88. The number of carbonyl (C=O) groups excluding carboxylic acids is 3. The molecule has 2 aliphatic rings. The number of benzene rings is 2. The number of ether oxygens (including phenoxy) is 6. The van der Waals surface area contributed by atoms with Gasteiger partial charge in [0.2, 0.25) is 18.7 Å². The normalized spacial score (nSPS) is 18.2. The highest BCUT2D eigenvalue weighted by atomic mass is 16.7. The Labute approximate surface area is 183 Å². The van der Waals surface area contributed by atoms with Gasteiger partial charge in [-0.25, -0.2) is 4.79 Å². The molecule has 0 radical (unpaired) electrons. The smallest absolute Gasteiger partial charge is 0.408 e. The molecule has 2 aliphatic heterocycles. The van der Waals surface area contributed by atoms with Crippen LogP contribution in [0.5, 0.6) is 23.0 Å². The van der Waals surface area contributed by atoms with Crippen LogP contribution >= 0.6 is 0 Å². The number of Topliss-reactive ketones (excluding diaryl/α,β-unsaturated/α-hetero) is 1. The molecule has 1 amide bonds. The highest BCUT2D eigenvalue weighted by Gasteiger charge is 2.42. The maximum absolute atomic E-state index is 13.2. The van der Waals surface area contributed by atoms with Crippen LogP contribution in [0.25, 0.3) is 0 Å². The monoisotopic (exact) mass is 443 g/mol. The fraction of sp³-hybridized carbons (Fsp3) is 0.318. The van der Waals surface area contributed by atoms with E-state index in [9.17, 15) is 14.4 Å². The summed E-state index contributed by atoms with van der Waals surface area (Å²) in [5.41, 5.74) is 0.783. The molecular formula is C22H21NO9. The minimum Gasteiger partial charge on any atom is -0.497 e. The standard InChI is InChI=1S/C22H21NO9/c1-3-28-18(24)10-23-22(26)32-21-19(25)14-6-5-13(27-2)9-16(14)31-20(21)12-4-7-15-17(8-12)30-11-29-15/h4-9,20-21H,3,10-11H2,1-2H3,(H,23,26)/t20-,21+/m0/s1. The first-order valence-corrected chi connectivity index (χ1v) is 9.88. The molecule has 0 fully saturated rings. The van der Waals surface area contributed by atoms with E-state index in [2.05, 4.69) is 5.32 Å². The second-order valence-corrected chi connectivity index (χ2v) is 6.86. The summed E-state index contributed by atoms with van der Waals surface area (Å²) in [6.07, 6.45) is -3.23. The molecule has 168 valence electrons. The number of hydrogen-bond acceptors (Lipinski definition) is 9. The number of esters is 1. The van der Waals surface area contributed by atoms with Gasteiger partial charge in [0.15, 0.2) is 17.6 Å². The topological polar surface area (TPSA) is 119 Å². The first-order valence-electron chi connectivity index (χ1n) is 9.88. The summed E-state index contributed by atoms with van der Waals surface area (Å²) in [5.74, 6) is 0.766. The fourth-order valence-electron chi connectivity index (χ4n) is 3.38. The van der Waals surface area contributed by atoms with Gasteiger partial charge in [-0.05, 0) is 31.2 Å². The highest BCUT2D eigenvalue weighted by molar-refractivity contribution is 6.04. The van der Waals surface area contributed by atoms with Crippen LogP contribution in [0.3, 0.4) is 0 Å². The Kier molecular flexibility index (Phi) is 6.02. The zero-order chi connectivity index (χ0) is 22.7. The SMILES string of the molecule is CCOC(=O)CNC(=O)O[C@@H]1C(=O)c2ccc(OC)cc2O[C@H]1c1ccc2c(c1)OCO2. The predicted molar refractivity (Wildman–Crippen MR) is 108 cm³/mol. The quantitative estimate of drug-likeness (QED) is 0.671. The van der Waals surface area contributed by atoms with E-state index in [1.54, 1.807) is 43.3 Å². The van der Waals surface area contributed by atoms with Gasteiger partial charge in [-0.15, -0.1) is 0 Å². The number of fused-ring (bicyclic) bond motifs is 2. The van der Waals surface area contributed by atoms with Crippen LogP contribution in [-0.2, 0) is 14.3 Å². The maximum atomic E-state index is 13.2. The summed E-state index contributed by atoms with van der Waals surface area (Å²) >= 11 is 0. The van der Waals surface area contributed by atoms with E-state index in [-0.39, 0.29) is 19.0 Å². The van der Waals surface area contributed by atoms with Crippen LogP contribution < -0.4 is 24.3 Å². The van der Waals surface area contributed by atoms with Crippen LogP contribution in [-0.4, -0.2) is 51.0 Å². The molecular weight excluding hydrogens is 422 g/mol. The fourth-order valence-corrected chi connectivity index (χ4v) is 3.38. The number of methoxy groups -OCH3 is 1. The zero-order valence-corrected chi connectivity index (χ0v) is 17.4. The number of alkyl carbamates (subject to hydrolysis) is 1. The Morgan fingerprint density at radius 2 is 1.91 bits per heavy atom. The second-order valence-electron chi connectivity index (χ2n) is 6.86. The Hall–Kier alpha value is -3.95. The summed E-state index contributed by atoms with van der Waals surface area (Å²) in [6, 6.07) is 9.79. The third kappa shape index (κ3) is 4.25. The first kappa shape index (κ1) is 21.3. The minimum absolute atomic E-state index is 0.0828. The molecule has 32 heavy (non-hydrogen) atoms. The Balaban J connectivity index is 1.62. The molecule has 4 rings (SSSR count). The van der Waals surface area contributed by atoms with Gasteiger partial charge in [0.05, 0.1) is 19.3 Å². The van der Waals surface area contributed by atoms with Crippen LogP contribution in [0.2, 0.25) is 0 Å². The van der Waals surface area contributed by atoms with Gasteiger partial charge in [0.25, 0.3) is 0 Å². The van der Waals surface area contributed by atoms with E-state index in [0.717, 1.165) is 0 Å². The van der Waals surface area contributed by atoms with Gasteiger partial charge < -0.3 is 33.7 Å². The van der Waals surface area contributed by atoms with Crippen molar-refractivity contribution in [1.29, 1.82) is 0 Å². The lowest BCUT2D eigenvalue weighted by atomic mass is 9.93. The number of nitrogens with one attached hydrogen (secondary N) is 1. The predicted octanol–water partition coefficient (Wildman–Crippen LogP) is 2.40. The van der Waals surface area contributed by atoms with Crippen molar-refractivity contribution >= 4 is 17.8 Å². The molecule has 0 spiro atoms. The van der Waals surface area contributed by atoms with Gasteiger partial charge in [0, 0.05) is 11.6 Å². The molecule has 0 aliphatic carbocycles. The third-order valence-corrected chi connectivity index (χ3v) is 4.88. The lowest BCUT2D eigenvalue weighted by Gasteiger charge is -2.32. The molecule has 1 N–H and O–H groups in total. The van der Waals surface area contributed by atoms with Crippen molar-refractivity contribution in [2.24, 2.45) is 0 Å². The van der Waals surface area contributed by atoms with Crippen LogP contribution in [0.4, 0.5) is 4.79 Å². The lowest BCUT2D eigenvalue weighted by molar-refractivity contribution is -0.141. The van der Waals surface area contributed by atoms with Gasteiger partial charge >= 0.3 is 12.1 Å². The number of ketones is 1. The zero-order valence-electron chi connectivity index (χ0n) is 17.4. The van der Waals surface area contributed by atoms with E-state index in [1.165, 1.54) is 7.11 Å². The van der Waals surface area contributed by atoms with Gasteiger partial charge in [-0.3, -0.25) is 9.59 Å². The average Bonchev–Trinajstić information content (AvgIpc) is 3.27. The van der Waals surface area contributed by atoms with E-state index in [1.807, 2.05) is 0 Å². The molecule has 2 aromatic carbocycles. The van der Waals surface area contributed by atoms with Crippen LogP contribution in [0.1, 0.15) is 28.9 Å². The molecule has 0 unspecified atom stereocenters. The van der Waals surface area contributed by atoms with Crippen molar-refractivity contribution in [3.05, 3.63) is 47.5 Å². The Morgan fingerprint density at radius 3 is 2.69 bits per heavy atom. The number of carbonyl (C=O) groups is 3. The number of amides is 1. The van der Waals surface area contributed by atoms with Gasteiger partial charge in [0.1, 0.15) is 18.0 Å². The Bertz CT molecular complexity index is 1050. The van der Waals surface area contributed by atoms with Gasteiger partial charge in [-0.2, -0.15) is 0 Å². The summed E-state index contributed by atoms with van der Waals surface area (Å²) in [6.45, 7) is 1.52. The first-order chi connectivity index (χ1) is 15.5. The molecule has 0 saturated carbocycles. The van der Waals surface area contributed by atoms with Crippen molar-refractivity contribution < 1.29 is 42.8 Å². The second kappa shape index (κ2) is 9.04. The van der Waals surface area contributed by atoms with E-state index in [0.29, 0.717) is 28.6 Å². The maximum Gasteiger partial charge on any atom is 0.408 e. The minimum atomic E-state index is -1.31. The number of hydrogen-bond donors (Lipinski definition) is 1. The van der Waals surface area contributed by atoms with E-state index < -0.39 is 36.6 Å².